The van der Waals surface area contributed by atoms with Crippen LogP contribution >= 0.6 is 11.6 Å². The minimum atomic E-state index is -0.311. The van der Waals surface area contributed by atoms with Gasteiger partial charge in [-0.2, -0.15) is 5.10 Å². The van der Waals surface area contributed by atoms with E-state index in [1.54, 1.807) is 36.0 Å². The molecule has 0 atom stereocenters. The highest BCUT2D eigenvalue weighted by molar-refractivity contribution is 6.32. The highest BCUT2D eigenvalue weighted by atomic mass is 35.5. The van der Waals surface area contributed by atoms with Gasteiger partial charge >= 0.3 is 0 Å². The maximum atomic E-state index is 13.1. The summed E-state index contributed by atoms with van der Waals surface area (Å²) in [4.78, 5) is 13.1. The topological polar surface area (TPSA) is 74.3 Å². The van der Waals surface area contributed by atoms with Gasteiger partial charge in [0.25, 0.3) is 5.56 Å². The molecule has 0 aliphatic rings. The molecule has 148 valence electrons. The van der Waals surface area contributed by atoms with Crippen LogP contribution in [0.1, 0.15) is 5.69 Å². The standard InChI is InChI=1S/C22H16ClN5O2/c1-13-19(14-7-9-15(30-2)10-8-14)21-25-24-20-18(28(21)26-13)11-12-27(22(20)29)17-6-4-3-5-16(17)23/h3-12H,1-2H3. The Morgan fingerprint density at radius 1 is 1.00 bits per heavy atom. The van der Waals surface area contributed by atoms with Crippen LogP contribution < -0.4 is 10.3 Å². The summed E-state index contributed by atoms with van der Waals surface area (Å²) in [7, 11) is 1.63. The number of fused-ring (bicyclic) bond motifs is 3. The number of hydrogen-bond acceptors (Lipinski definition) is 5. The molecule has 8 heteroatoms. The van der Waals surface area contributed by atoms with Crippen LogP contribution in [-0.2, 0) is 0 Å². The number of aromatic nitrogens is 5. The number of aryl methyl sites for hydroxylation is 1. The lowest BCUT2D eigenvalue weighted by Crippen LogP contribution is -2.20. The van der Waals surface area contributed by atoms with Crippen molar-refractivity contribution in [2.45, 2.75) is 6.92 Å². The third-order valence-electron chi connectivity index (χ3n) is 5.05. The molecule has 7 nitrogen and oxygen atoms in total. The molecule has 30 heavy (non-hydrogen) atoms. The zero-order valence-electron chi connectivity index (χ0n) is 16.2. The van der Waals surface area contributed by atoms with Crippen molar-refractivity contribution < 1.29 is 4.74 Å². The molecule has 0 aliphatic heterocycles. The summed E-state index contributed by atoms with van der Waals surface area (Å²) in [5.41, 5.74) is 4.25. The van der Waals surface area contributed by atoms with Gasteiger partial charge in [0.15, 0.2) is 11.2 Å². The van der Waals surface area contributed by atoms with Gasteiger partial charge in [0.1, 0.15) is 11.3 Å². The predicted molar refractivity (Wildman–Crippen MR) is 116 cm³/mol. The second-order valence-electron chi connectivity index (χ2n) is 6.80. The molecule has 0 saturated carbocycles. The van der Waals surface area contributed by atoms with E-state index in [2.05, 4.69) is 15.3 Å². The largest absolute Gasteiger partial charge is 0.497 e. The first kappa shape index (κ1) is 18.3. The zero-order chi connectivity index (χ0) is 20.8. The van der Waals surface area contributed by atoms with Gasteiger partial charge in [0, 0.05) is 6.20 Å². The number of halogens is 1. The zero-order valence-corrected chi connectivity index (χ0v) is 17.0. The lowest BCUT2D eigenvalue weighted by Gasteiger charge is -2.09. The summed E-state index contributed by atoms with van der Waals surface area (Å²) in [6.07, 6.45) is 1.68. The molecule has 0 N–H and O–H groups in total. The molecule has 3 aromatic heterocycles. The van der Waals surface area contributed by atoms with E-state index in [1.165, 1.54) is 4.57 Å². The summed E-state index contributed by atoms with van der Waals surface area (Å²) < 4.78 is 8.36. The van der Waals surface area contributed by atoms with Crippen LogP contribution in [0, 0.1) is 6.92 Å². The van der Waals surface area contributed by atoms with E-state index in [0.29, 0.717) is 21.9 Å². The van der Waals surface area contributed by atoms with Crippen molar-refractivity contribution in [3.05, 3.63) is 81.9 Å². The fourth-order valence-corrected chi connectivity index (χ4v) is 3.81. The van der Waals surface area contributed by atoms with E-state index in [9.17, 15) is 4.79 Å². The van der Waals surface area contributed by atoms with E-state index >= 15 is 0 Å². The number of benzene rings is 2. The molecule has 0 amide bonds. The molecule has 3 heterocycles. The van der Waals surface area contributed by atoms with Crippen molar-refractivity contribution in [3.8, 4) is 22.6 Å². The Balaban J connectivity index is 1.74. The number of methoxy groups -OCH3 is 1. The van der Waals surface area contributed by atoms with Gasteiger partial charge in [-0.25, -0.2) is 4.52 Å². The number of rotatable bonds is 3. The molecule has 5 aromatic rings. The normalized spacial score (nSPS) is 11.3. The maximum absolute atomic E-state index is 13.1. The maximum Gasteiger partial charge on any atom is 0.285 e. The summed E-state index contributed by atoms with van der Waals surface area (Å²) in [5.74, 6) is 0.768. The fourth-order valence-electron chi connectivity index (χ4n) is 3.59. The van der Waals surface area contributed by atoms with E-state index in [1.807, 2.05) is 43.3 Å². The van der Waals surface area contributed by atoms with Crippen LogP contribution in [0.5, 0.6) is 5.75 Å². The molecule has 0 radical (unpaired) electrons. The van der Waals surface area contributed by atoms with Gasteiger partial charge in [-0.05, 0) is 42.8 Å². The molecular formula is C22H16ClN5O2. The summed E-state index contributed by atoms with van der Waals surface area (Å²) in [6, 6.07) is 16.6. The van der Waals surface area contributed by atoms with Crippen LogP contribution in [0.2, 0.25) is 5.02 Å². The first-order valence-electron chi connectivity index (χ1n) is 9.25. The van der Waals surface area contributed by atoms with Crippen LogP contribution in [0.3, 0.4) is 0 Å². The first-order valence-corrected chi connectivity index (χ1v) is 9.63. The lowest BCUT2D eigenvalue weighted by molar-refractivity contribution is 0.415. The molecular weight excluding hydrogens is 402 g/mol. The number of pyridine rings is 1. The third kappa shape index (κ3) is 2.74. The molecule has 5 rings (SSSR count). The third-order valence-corrected chi connectivity index (χ3v) is 5.36. The molecule has 0 unspecified atom stereocenters. The average molecular weight is 418 g/mol. The second-order valence-corrected chi connectivity index (χ2v) is 7.21. The smallest absolute Gasteiger partial charge is 0.285 e. The highest BCUT2D eigenvalue weighted by Gasteiger charge is 2.18. The van der Waals surface area contributed by atoms with E-state index < -0.39 is 0 Å². The van der Waals surface area contributed by atoms with Crippen molar-refractivity contribution in [1.82, 2.24) is 24.4 Å². The SMILES string of the molecule is COc1ccc(-c2c(C)nn3c2nnc2c(=O)n(-c4ccccc4Cl)ccc23)cc1. The number of hydrogen-bond donors (Lipinski definition) is 0. The van der Waals surface area contributed by atoms with Crippen molar-refractivity contribution in [3.63, 3.8) is 0 Å². The van der Waals surface area contributed by atoms with Crippen molar-refractivity contribution in [2.75, 3.05) is 7.11 Å². The van der Waals surface area contributed by atoms with Gasteiger partial charge < -0.3 is 4.74 Å². The monoisotopic (exact) mass is 417 g/mol. The Bertz CT molecular complexity index is 1470. The Kier molecular flexibility index (Phi) is 4.25. The predicted octanol–water partition coefficient (Wildman–Crippen LogP) is 4.07. The molecule has 0 spiro atoms. The van der Waals surface area contributed by atoms with E-state index in [4.69, 9.17) is 16.3 Å². The van der Waals surface area contributed by atoms with Crippen LogP contribution in [-0.4, -0.2) is 31.5 Å². The molecule has 2 aromatic carbocycles. The Labute approximate surface area is 176 Å². The highest BCUT2D eigenvalue weighted by Crippen LogP contribution is 2.29. The van der Waals surface area contributed by atoms with Crippen molar-refractivity contribution in [1.29, 1.82) is 0 Å². The molecule has 0 aliphatic carbocycles. The van der Waals surface area contributed by atoms with Crippen LogP contribution in [0.15, 0.2) is 65.6 Å². The summed E-state index contributed by atoms with van der Waals surface area (Å²) in [5, 5.41) is 13.7. The second kappa shape index (κ2) is 6.96. The Hall–Kier alpha value is -3.71. The van der Waals surface area contributed by atoms with Crippen molar-refractivity contribution in [2.24, 2.45) is 0 Å². The first-order chi connectivity index (χ1) is 14.6. The van der Waals surface area contributed by atoms with Crippen LogP contribution in [0.25, 0.3) is 33.5 Å². The Morgan fingerprint density at radius 3 is 2.50 bits per heavy atom. The quantitative estimate of drug-likeness (QED) is 0.442. The van der Waals surface area contributed by atoms with Gasteiger partial charge in [-0.3, -0.25) is 9.36 Å². The molecule has 0 fully saturated rings. The van der Waals surface area contributed by atoms with E-state index in [0.717, 1.165) is 22.6 Å². The Morgan fingerprint density at radius 2 is 1.77 bits per heavy atom. The lowest BCUT2D eigenvalue weighted by atomic mass is 10.1. The van der Waals surface area contributed by atoms with Crippen LogP contribution in [0.4, 0.5) is 0 Å². The average Bonchev–Trinajstić information content (AvgIpc) is 3.11. The van der Waals surface area contributed by atoms with Gasteiger partial charge in [-0.1, -0.05) is 35.9 Å². The molecule has 0 saturated heterocycles. The van der Waals surface area contributed by atoms with Gasteiger partial charge in [-0.15, -0.1) is 10.2 Å². The summed E-state index contributed by atoms with van der Waals surface area (Å²) >= 11 is 6.27. The minimum Gasteiger partial charge on any atom is -0.497 e. The van der Waals surface area contributed by atoms with Crippen molar-refractivity contribution >= 4 is 28.3 Å². The van der Waals surface area contributed by atoms with Gasteiger partial charge in [0.05, 0.1) is 29.1 Å². The number of ether oxygens (including phenoxy) is 1. The number of nitrogens with zero attached hydrogens (tertiary/aromatic N) is 5. The number of para-hydroxylation sites is 1. The molecule has 0 bridgehead atoms. The van der Waals surface area contributed by atoms with E-state index in [-0.39, 0.29) is 11.1 Å². The fraction of sp³-hybridized carbons (Fsp3) is 0.0909. The summed E-state index contributed by atoms with van der Waals surface area (Å²) in [6.45, 7) is 1.91. The minimum absolute atomic E-state index is 0.216. The van der Waals surface area contributed by atoms with Gasteiger partial charge in [0.2, 0.25) is 0 Å².